The van der Waals surface area contributed by atoms with Crippen molar-refractivity contribution in [2.75, 3.05) is 5.73 Å². The summed E-state index contributed by atoms with van der Waals surface area (Å²) in [5, 5.41) is 12.1. The van der Waals surface area contributed by atoms with Gasteiger partial charge in [0.25, 0.3) is 5.91 Å². The van der Waals surface area contributed by atoms with Crippen LogP contribution in [0.4, 0.5) is 5.69 Å². The average Bonchev–Trinajstić information content (AvgIpc) is 2.94. The van der Waals surface area contributed by atoms with Crippen LogP contribution in [0.5, 0.6) is 11.5 Å². The van der Waals surface area contributed by atoms with Gasteiger partial charge in [-0.1, -0.05) is 6.07 Å². The maximum atomic E-state index is 11.9. The van der Waals surface area contributed by atoms with Crippen LogP contribution in [-0.4, -0.2) is 17.1 Å². The highest BCUT2D eigenvalue weighted by molar-refractivity contribution is 5.81. The summed E-state index contributed by atoms with van der Waals surface area (Å²) in [6, 6.07) is 8.14. The third-order valence-electron chi connectivity index (χ3n) is 2.73. The van der Waals surface area contributed by atoms with E-state index >= 15 is 0 Å². The molecule has 0 aliphatic heterocycles. The van der Waals surface area contributed by atoms with Gasteiger partial charge in [-0.3, -0.25) is 4.79 Å². The molecule has 1 aromatic carbocycles. The monoisotopic (exact) mass is 276 g/mol. The number of ether oxygens (including phenoxy) is 1. The second kappa shape index (κ2) is 6.01. The summed E-state index contributed by atoms with van der Waals surface area (Å²) >= 11 is 0. The molecule has 0 fully saturated rings. The number of anilines is 1. The Morgan fingerprint density at radius 2 is 2.25 bits per heavy atom. The molecule has 0 radical (unpaired) electrons. The van der Waals surface area contributed by atoms with Crippen molar-refractivity contribution >= 4 is 11.6 Å². The van der Waals surface area contributed by atoms with Gasteiger partial charge in [-0.25, -0.2) is 0 Å². The predicted octanol–water partition coefficient (Wildman–Crippen LogP) is 1.65. The first kappa shape index (κ1) is 13.8. The van der Waals surface area contributed by atoms with Crippen molar-refractivity contribution in [1.82, 2.24) is 5.32 Å². The summed E-state index contributed by atoms with van der Waals surface area (Å²) in [6.07, 6.45) is 0.795. The highest BCUT2D eigenvalue weighted by atomic mass is 16.5. The van der Waals surface area contributed by atoms with Crippen molar-refractivity contribution in [3.05, 3.63) is 42.4 Å². The van der Waals surface area contributed by atoms with Crippen molar-refractivity contribution in [3.8, 4) is 11.5 Å². The van der Waals surface area contributed by atoms with Crippen LogP contribution in [0.2, 0.25) is 0 Å². The van der Waals surface area contributed by atoms with Crippen molar-refractivity contribution in [3.63, 3.8) is 0 Å². The number of carbonyl (C=O) groups is 1. The normalized spacial score (nSPS) is 11.8. The van der Waals surface area contributed by atoms with E-state index in [1.165, 1.54) is 12.3 Å². The Hall–Kier alpha value is -2.63. The molecule has 6 nitrogen and oxygen atoms in total. The van der Waals surface area contributed by atoms with E-state index in [0.717, 1.165) is 0 Å². The van der Waals surface area contributed by atoms with Crippen LogP contribution in [0, 0.1) is 0 Å². The molecule has 4 N–H and O–H groups in total. The van der Waals surface area contributed by atoms with Crippen molar-refractivity contribution in [2.24, 2.45) is 0 Å². The maximum absolute atomic E-state index is 11.9. The van der Waals surface area contributed by atoms with Gasteiger partial charge in [0.2, 0.25) is 0 Å². The van der Waals surface area contributed by atoms with Gasteiger partial charge in [0.15, 0.2) is 6.10 Å². The Bertz CT molecular complexity index is 581. The standard InChI is InChI=1S/C14H16N2O4/c1-9(14(18)16-8-10-4-3-7-19-10)20-12-6-2-5-11(17)13(12)15/h2-7,9,17H,8,15H2,1H3,(H,16,18). The van der Waals surface area contributed by atoms with Crippen LogP contribution in [-0.2, 0) is 11.3 Å². The van der Waals surface area contributed by atoms with E-state index in [-0.39, 0.29) is 29.6 Å². The van der Waals surface area contributed by atoms with Gasteiger partial charge in [0.05, 0.1) is 12.8 Å². The van der Waals surface area contributed by atoms with Gasteiger partial charge in [-0.05, 0) is 31.2 Å². The largest absolute Gasteiger partial charge is 0.506 e. The summed E-state index contributed by atoms with van der Waals surface area (Å²) in [5.74, 6) is 0.544. The first-order valence-corrected chi connectivity index (χ1v) is 6.12. The molecule has 1 amide bonds. The van der Waals surface area contributed by atoms with Gasteiger partial charge in [-0.2, -0.15) is 0 Å². The van der Waals surface area contributed by atoms with Gasteiger partial charge in [0, 0.05) is 0 Å². The number of benzene rings is 1. The molecule has 0 aliphatic rings. The summed E-state index contributed by atoms with van der Waals surface area (Å²) in [5.41, 5.74) is 5.77. The third kappa shape index (κ3) is 3.23. The minimum Gasteiger partial charge on any atom is -0.506 e. The number of aromatic hydroxyl groups is 1. The lowest BCUT2D eigenvalue weighted by Crippen LogP contribution is -2.35. The smallest absolute Gasteiger partial charge is 0.261 e. The van der Waals surface area contributed by atoms with Crippen LogP contribution >= 0.6 is 0 Å². The zero-order valence-electron chi connectivity index (χ0n) is 11.0. The van der Waals surface area contributed by atoms with Crippen LogP contribution in [0.3, 0.4) is 0 Å². The number of phenols is 1. The molecule has 6 heteroatoms. The van der Waals surface area contributed by atoms with Crippen molar-refractivity contribution in [1.29, 1.82) is 0 Å². The Morgan fingerprint density at radius 1 is 1.45 bits per heavy atom. The van der Waals surface area contributed by atoms with Crippen LogP contribution in [0.25, 0.3) is 0 Å². The Morgan fingerprint density at radius 3 is 2.95 bits per heavy atom. The van der Waals surface area contributed by atoms with E-state index in [1.807, 2.05) is 0 Å². The lowest BCUT2D eigenvalue weighted by Gasteiger charge is -2.16. The molecule has 106 valence electrons. The minimum absolute atomic E-state index is 0.0781. The average molecular weight is 276 g/mol. The molecule has 2 aromatic rings. The first-order chi connectivity index (χ1) is 9.58. The quantitative estimate of drug-likeness (QED) is 0.570. The molecule has 0 spiro atoms. The Balaban J connectivity index is 1.92. The minimum atomic E-state index is -0.742. The summed E-state index contributed by atoms with van der Waals surface area (Å²) in [6.45, 7) is 1.88. The number of nitrogen functional groups attached to an aromatic ring is 1. The molecule has 1 heterocycles. The van der Waals surface area contributed by atoms with Gasteiger partial charge in [0.1, 0.15) is 22.9 Å². The number of para-hydroxylation sites is 1. The SMILES string of the molecule is CC(Oc1cccc(O)c1N)C(=O)NCc1ccco1. The molecule has 0 saturated heterocycles. The molecule has 20 heavy (non-hydrogen) atoms. The van der Waals surface area contributed by atoms with E-state index < -0.39 is 6.10 Å². The fourth-order valence-electron chi connectivity index (χ4n) is 1.61. The zero-order chi connectivity index (χ0) is 14.5. The lowest BCUT2D eigenvalue weighted by atomic mass is 10.2. The van der Waals surface area contributed by atoms with E-state index in [0.29, 0.717) is 5.76 Å². The topological polar surface area (TPSA) is 97.7 Å². The van der Waals surface area contributed by atoms with Crippen LogP contribution in [0.1, 0.15) is 12.7 Å². The maximum Gasteiger partial charge on any atom is 0.261 e. The fourth-order valence-corrected chi connectivity index (χ4v) is 1.61. The summed E-state index contributed by atoms with van der Waals surface area (Å²) < 4.78 is 10.5. The molecule has 2 rings (SSSR count). The van der Waals surface area contributed by atoms with E-state index in [9.17, 15) is 9.90 Å². The van der Waals surface area contributed by atoms with Crippen molar-refractivity contribution < 1.29 is 19.1 Å². The number of nitrogens with two attached hydrogens (primary N) is 1. The molecule has 1 unspecified atom stereocenters. The highest BCUT2D eigenvalue weighted by Crippen LogP contribution is 2.30. The number of nitrogens with one attached hydrogen (secondary N) is 1. The number of hydrogen-bond acceptors (Lipinski definition) is 5. The summed E-state index contributed by atoms with van der Waals surface area (Å²) in [7, 11) is 0. The van der Waals surface area contributed by atoms with E-state index in [4.69, 9.17) is 14.9 Å². The number of amides is 1. The molecular weight excluding hydrogens is 260 g/mol. The first-order valence-electron chi connectivity index (χ1n) is 6.12. The Kier molecular flexibility index (Phi) is 4.14. The molecule has 1 aromatic heterocycles. The molecule has 0 aliphatic carbocycles. The fraction of sp³-hybridized carbons (Fsp3) is 0.214. The highest BCUT2D eigenvalue weighted by Gasteiger charge is 2.16. The second-order valence-electron chi connectivity index (χ2n) is 4.25. The molecular formula is C14H16N2O4. The van der Waals surface area contributed by atoms with Crippen LogP contribution < -0.4 is 15.8 Å². The van der Waals surface area contributed by atoms with Crippen molar-refractivity contribution in [2.45, 2.75) is 19.6 Å². The lowest BCUT2D eigenvalue weighted by molar-refractivity contribution is -0.127. The number of phenolic OH excluding ortho intramolecular Hbond substituents is 1. The number of furan rings is 1. The number of rotatable bonds is 5. The molecule has 0 saturated carbocycles. The molecule has 1 atom stereocenters. The van der Waals surface area contributed by atoms with Gasteiger partial charge >= 0.3 is 0 Å². The summed E-state index contributed by atoms with van der Waals surface area (Å²) in [4.78, 5) is 11.9. The molecule has 0 bridgehead atoms. The predicted molar refractivity (Wildman–Crippen MR) is 73.2 cm³/mol. The van der Waals surface area contributed by atoms with E-state index in [1.54, 1.807) is 31.2 Å². The second-order valence-corrected chi connectivity index (χ2v) is 4.25. The van der Waals surface area contributed by atoms with Gasteiger partial charge < -0.3 is 25.3 Å². The zero-order valence-corrected chi connectivity index (χ0v) is 11.0. The van der Waals surface area contributed by atoms with Gasteiger partial charge in [-0.15, -0.1) is 0 Å². The van der Waals surface area contributed by atoms with Crippen LogP contribution in [0.15, 0.2) is 41.0 Å². The number of carbonyl (C=O) groups excluding carboxylic acids is 1. The van der Waals surface area contributed by atoms with E-state index in [2.05, 4.69) is 5.32 Å². The Labute approximate surface area is 116 Å². The third-order valence-corrected chi connectivity index (χ3v) is 2.73. The number of hydrogen-bond donors (Lipinski definition) is 3.